The van der Waals surface area contributed by atoms with Crippen LogP contribution in [0.25, 0.3) is 10.9 Å². The van der Waals surface area contributed by atoms with Gasteiger partial charge in [-0.05, 0) is 48.9 Å². The van der Waals surface area contributed by atoms with Crippen LogP contribution >= 0.6 is 11.8 Å². The fourth-order valence-electron chi connectivity index (χ4n) is 3.33. The molecule has 1 aromatic heterocycles. The summed E-state index contributed by atoms with van der Waals surface area (Å²) in [7, 11) is -3.82. The standard InChI is InChI=1S/C24H22N4O4S2/c1-16(22(29)26-18-11-13-19(14-12-18)34(25,31)32)33-24-27-21-10-6-5-9-20(21)23(30)28(24)15-17-7-3-2-4-8-17/h2-14,16H,15H2,1H3,(H,26,29)(H2,25,31,32). The molecule has 0 saturated heterocycles. The number of para-hydroxylation sites is 1. The largest absolute Gasteiger partial charge is 0.325 e. The molecule has 1 atom stereocenters. The summed E-state index contributed by atoms with van der Waals surface area (Å²) in [5, 5.41) is 8.21. The number of fused-ring (bicyclic) bond motifs is 1. The zero-order chi connectivity index (χ0) is 24.3. The van der Waals surface area contributed by atoms with E-state index in [0.717, 1.165) is 5.56 Å². The minimum atomic E-state index is -3.82. The Hall–Kier alpha value is -3.47. The molecule has 4 aromatic rings. The van der Waals surface area contributed by atoms with Crippen LogP contribution in [-0.4, -0.2) is 29.1 Å². The summed E-state index contributed by atoms with van der Waals surface area (Å²) in [6, 6.07) is 22.3. The Bertz CT molecular complexity index is 1500. The van der Waals surface area contributed by atoms with Crippen molar-refractivity contribution in [2.45, 2.75) is 28.8 Å². The molecule has 1 amide bonds. The smallest absolute Gasteiger partial charge is 0.262 e. The van der Waals surface area contributed by atoms with Crippen molar-refractivity contribution in [2.75, 3.05) is 5.32 Å². The number of sulfonamides is 1. The number of amides is 1. The number of carbonyl (C=O) groups is 1. The molecule has 3 N–H and O–H groups in total. The minimum absolute atomic E-state index is 0.0433. The highest BCUT2D eigenvalue weighted by Crippen LogP contribution is 2.24. The van der Waals surface area contributed by atoms with Crippen molar-refractivity contribution in [1.29, 1.82) is 0 Å². The monoisotopic (exact) mass is 494 g/mol. The Morgan fingerprint density at radius 1 is 1.03 bits per heavy atom. The molecule has 0 aliphatic carbocycles. The number of primary sulfonamides is 1. The van der Waals surface area contributed by atoms with Gasteiger partial charge in [-0.15, -0.1) is 0 Å². The lowest BCUT2D eigenvalue weighted by atomic mass is 10.2. The molecule has 0 radical (unpaired) electrons. The summed E-state index contributed by atoms with van der Waals surface area (Å²) < 4.78 is 24.4. The van der Waals surface area contributed by atoms with Crippen LogP contribution < -0.4 is 16.0 Å². The molecule has 0 aliphatic heterocycles. The average molecular weight is 495 g/mol. The van der Waals surface area contributed by atoms with Crippen LogP contribution in [-0.2, 0) is 21.4 Å². The average Bonchev–Trinajstić information content (AvgIpc) is 2.82. The van der Waals surface area contributed by atoms with Gasteiger partial charge in [-0.25, -0.2) is 18.5 Å². The summed E-state index contributed by atoms with van der Waals surface area (Å²) in [6.07, 6.45) is 0. The second-order valence-corrected chi connectivity index (χ2v) is 10.5. The van der Waals surface area contributed by atoms with Crippen molar-refractivity contribution in [3.8, 4) is 0 Å². The number of nitrogens with two attached hydrogens (primary N) is 1. The molecular formula is C24H22N4O4S2. The van der Waals surface area contributed by atoms with E-state index in [9.17, 15) is 18.0 Å². The van der Waals surface area contributed by atoms with Gasteiger partial charge >= 0.3 is 0 Å². The van der Waals surface area contributed by atoms with Crippen molar-refractivity contribution >= 4 is 44.3 Å². The zero-order valence-electron chi connectivity index (χ0n) is 18.2. The number of hydrogen-bond donors (Lipinski definition) is 2. The quantitative estimate of drug-likeness (QED) is 0.300. The third-order valence-corrected chi connectivity index (χ3v) is 7.13. The van der Waals surface area contributed by atoms with Gasteiger partial charge in [0.05, 0.1) is 27.6 Å². The first-order valence-corrected chi connectivity index (χ1v) is 12.8. The molecule has 174 valence electrons. The summed E-state index contributed by atoms with van der Waals surface area (Å²) in [5.74, 6) is -0.318. The van der Waals surface area contributed by atoms with Crippen molar-refractivity contribution in [3.05, 3.63) is 94.8 Å². The van der Waals surface area contributed by atoms with Crippen molar-refractivity contribution in [1.82, 2.24) is 9.55 Å². The first-order chi connectivity index (χ1) is 16.2. The van der Waals surface area contributed by atoms with Crippen LogP contribution in [0, 0.1) is 0 Å². The second kappa shape index (κ2) is 9.80. The molecule has 0 aliphatic rings. The first kappa shape index (κ1) is 23.7. The van der Waals surface area contributed by atoms with E-state index in [0.29, 0.717) is 28.3 Å². The number of hydrogen-bond acceptors (Lipinski definition) is 6. The van der Waals surface area contributed by atoms with Crippen LogP contribution in [0.2, 0.25) is 0 Å². The number of nitrogens with one attached hydrogen (secondary N) is 1. The lowest BCUT2D eigenvalue weighted by Gasteiger charge is -2.16. The molecule has 4 rings (SSSR count). The van der Waals surface area contributed by atoms with Gasteiger partial charge in [-0.1, -0.05) is 54.2 Å². The Morgan fingerprint density at radius 2 is 1.68 bits per heavy atom. The van der Waals surface area contributed by atoms with Gasteiger partial charge in [0.1, 0.15) is 0 Å². The predicted octanol–water partition coefficient (Wildman–Crippen LogP) is 3.21. The van der Waals surface area contributed by atoms with Gasteiger partial charge in [-0.2, -0.15) is 0 Å². The topological polar surface area (TPSA) is 124 Å². The third-order valence-electron chi connectivity index (χ3n) is 5.11. The fraction of sp³-hybridized carbons (Fsp3) is 0.125. The van der Waals surface area contributed by atoms with Gasteiger partial charge in [0, 0.05) is 5.69 Å². The van der Waals surface area contributed by atoms with E-state index in [-0.39, 0.29) is 16.4 Å². The molecule has 34 heavy (non-hydrogen) atoms. The van der Waals surface area contributed by atoms with Crippen molar-refractivity contribution in [2.24, 2.45) is 5.14 Å². The van der Waals surface area contributed by atoms with Crippen LogP contribution in [0.3, 0.4) is 0 Å². The van der Waals surface area contributed by atoms with Crippen LogP contribution in [0.4, 0.5) is 5.69 Å². The number of thioether (sulfide) groups is 1. The van der Waals surface area contributed by atoms with E-state index in [2.05, 4.69) is 10.3 Å². The highest BCUT2D eigenvalue weighted by Gasteiger charge is 2.20. The molecule has 1 heterocycles. The SMILES string of the molecule is CC(Sc1nc2ccccc2c(=O)n1Cc1ccccc1)C(=O)Nc1ccc(S(N)(=O)=O)cc1. The predicted molar refractivity (Wildman–Crippen MR) is 133 cm³/mol. The van der Waals surface area contributed by atoms with Gasteiger partial charge in [0.2, 0.25) is 15.9 Å². The third kappa shape index (κ3) is 5.36. The van der Waals surface area contributed by atoms with E-state index >= 15 is 0 Å². The van der Waals surface area contributed by atoms with Crippen LogP contribution in [0.15, 0.2) is 93.7 Å². The Kier molecular flexibility index (Phi) is 6.82. The molecular weight excluding hydrogens is 472 g/mol. The van der Waals surface area contributed by atoms with Crippen LogP contribution in [0.1, 0.15) is 12.5 Å². The highest BCUT2D eigenvalue weighted by molar-refractivity contribution is 8.00. The maximum Gasteiger partial charge on any atom is 0.262 e. The Labute approximate surface area is 200 Å². The summed E-state index contributed by atoms with van der Waals surface area (Å²) in [4.78, 5) is 30.7. The second-order valence-electron chi connectivity index (χ2n) is 7.61. The number of benzene rings is 3. The first-order valence-electron chi connectivity index (χ1n) is 10.4. The number of anilines is 1. The van der Waals surface area contributed by atoms with Crippen molar-refractivity contribution in [3.63, 3.8) is 0 Å². The van der Waals surface area contributed by atoms with Gasteiger partial charge in [-0.3, -0.25) is 14.2 Å². The zero-order valence-corrected chi connectivity index (χ0v) is 19.8. The molecule has 0 fully saturated rings. The molecule has 0 bridgehead atoms. The summed E-state index contributed by atoms with van der Waals surface area (Å²) in [6.45, 7) is 2.04. The van der Waals surface area contributed by atoms with Gasteiger partial charge in [0.25, 0.3) is 5.56 Å². The number of nitrogens with zero attached hydrogens (tertiary/aromatic N) is 2. The van der Waals surface area contributed by atoms with E-state index < -0.39 is 15.3 Å². The van der Waals surface area contributed by atoms with E-state index in [1.807, 2.05) is 36.4 Å². The molecule has 0 spiro atoms. The van der Waals surface area contributed by atoms with Gasteiger partial charge in [0.15, 0.2) is 5.16 Å². The lowest BCUT2D eigenvalue weighted by molar-refractivity contribution is -0.115. The molecule has 0 saturated carbocycles. The number of carbonyl (C=O) groups excluding carboxylic acids is 1. The van der Waals surface area contributed by atoms with E-state index in [1.54, 1.807) is 29.7 Å². The van der Waals surface area contributed by atoms with Crippen molar-refractivity contribution < 1.29 is 13.2 Å². The minimum Gasteiger partial charge on any atom is -0.325 e. The normalized spacial score (nSPS) is 12.4. The lowest BCUT2D eigenvalue weighted by Crippen LogP contribution is -2.27. The summed E-state index contributed by atoms with van der Waals surface area (Å²) in [5.41, 5.74) is 1.75. The number of aromatic nitrogens is 2. The van der Waals surface area contributed by atoms with E-state index in [4.69, 9.17) is 5.14 Å². The molecule has 8 nitrogen and oxygen atoms in total. The van der Waals surface area contributed by atoms with Gasteiger partial charge < -0.3 is 5.32 Å². The molecule has 3 aromatic carbocycles. The molecule has 1 unspecified atom stereocenters. The summed E-state index contributed by atoms with van der Waals surface area (Å²) >= 11 is 1.18. The highest BCUT2D eigenvalue weighted by atomic mass is 32.2. The maximum atomic E-state index is 13.3. The Morgan fingerprint density at radius 3 is 2.35 bits per heavy atom. The van der Waals surface area contributed by atoms with E-state index in [1.165, 1.54) is 36.0 Å². The fourth-order valence-corrected chi connectivity index (χ4v) is 4.75. The maximum absolute atomic E-state index is 13.3. The molecule has 10 heteroatoms. The number of rotatable bonds is 7. The van der Waals surface area contributed by atoms with Crippen LogP contribution in [0.5, 0.6) is 0 Å². The Balaban J connectivity index is 1.60.